The summed E-state index contributed by atoms with van der Waals surface area (Å²) in [4.78, 5) is 14.7. The second-order valence-electron chi connectivity index (χ2n) is 7.31. The molecule has 0 amide bonds. The van der Waals surface area contributed by atoms with Crippen LogP contribution in [0.2, 0.25) is 0 Å². The number of benzene rings is 2. The monoisotopic (exact) mass is 432 g/mol. The van der Waals surface area contributed by atoms with E-state index in [9.17, 15) is 18.3 Å². The first-order chi connectivity index (χ1) is 14.3. The zero-order valence-electron chi connectivity index (χ0n) is 17.3. The van der Waals surface area contributed by atoms with Crippen LogP contribution in [-0.4, -0.2) is 67.5 Å². The summed E-state index contributed by atoms with van der Waals surface area (Å²) in [5, 5.41) is 10.9. The van der Waals surface area contributed by atoms with Gasteiger partial charge in [0.05, 0.1) is 11.5 Å². The minimum absolute atomic E-state index is 0.207. The van der Waals surface area contributed by atoms with Crippen molar-refractivity contribution in [3.63, 3.8) is 0 Å². The highest BCUT2D eigenvalue weighted by atomic mass is 32.2. The second-order valence-corrected chi connectivity index (χ2v) is 9.24. The second kappa shape index (κ2) is 9.70. The number of esters is 1. The number of ether oxygens (including phenoxy) is 1. The summed E-state index contributed by atoms with van der Waals surface area (Å²) in [6.45, 7) is 4.93. The maximum absolute atomic E-state index is 12.9. The Morgan fingerprint density at radius 3 is 2.20 bits per heavy atom. The molecule has 1 aliphatic rings. The zero-order valence-corrected chi connectivity index (χ0v) is 18.1. The average Bonchev–Trinajstić information content (AvgIpc) is 2.75. The van der Waals surface area contributed by atoms with Gasteiger partial charge in [0.15, 0.2) is 0 Å². The van der Waals surface area contributed by atoms with Crippen LogP contribution >= 0.6 is 0 Å². The van der Waals surface area contributed by atoms with E-state index in [-0.39, 0.29) is 24.6 Å². The van der Waals surface area contributed by atoms with Crippen molar-refractivity contribution in [3.8, 4) is 0 Å². The molecule has 1 fully saturated rings. The van der Waals surface area contributed by atoms with Crippen molar-refractivity contribution in [1.82, 2.24) is 9.21 Å². The van der Waals surface area contributed by atoms with E-state index in [1.54, 1.807) is 60.4 Å². The number of sulfonamides is 1. The fraction of sp³-hybridized carbons (Fsp3) is 0.409. The van der Waals surface area contributed by atoms with Gasteiger partial charge in [-0.15, -0.1) is 0 Å². The van der Waals surface area contributed by atoms with Crippen LogP contribution in [0.25, 0.3) is 0 Å². The lowest BCUT2D eigenvalue weighted by molar-refractivity contribution is -0.155. The van der Waals surface area contributed by atoms with Gasteiger partial charge in [0, 0.05) is 26.2 Å². The van der Waals surface area contributed by atoms with E-state index in [0.717, 1.165) is 5.56 Å². The molecule has 0 bridgehead atoms. The van der Waals surface area contributed by atoms with Crippen molar-refractivity contribution in [2.24, 2.45) is 0 Å². The number of hydrogen-bond donors (Lipinski definition) is 1. The Labute approximate surface area is 177 Å². The molecule has 1 N–H and O–H groups in total. The number of carbonyl (C=O) groups excluding carboxylic acids is 1. The number of nitrogens with zero attached hydrogens (tertiary/aromatic N) is 2. The van der Waals surface area contributed by atoms with Crippen LogP contribution in [-0.2, 0) is 19.6 Å². The molecule has 1 aliphatic heterocycles. The molecular weight excluding hydrogens is 404 g/mol. The van der Waals surface area contributed by atoms with Crippen molar-refractivity contribution >= 4 is 16.0 Å². The SMILES string of the molecule is CCOC(=O)[C@H]([C@H](O)c1ccccc1)N1CCN(S(=O)(=O)c2ccc(C)cc2)CC1. The van der Waals surface area contributed by atoms with E-state index in [0.29, 0.717) is 18.7 Å². The summed E-state index contributed by atoms with van der Waals surface area (Å²) >= 11 is 0. The van der Waals surface area contributed by atoms with Gasteiger partial charge in [-0.1, -0.05) is 48.0 Å². The molecule has 0 spiro atoms. The fourth-order valence-corrected chi connectivity index (χ4v) is 5.04. The van der Waals surface area contributed by atoms with E-state index in [1.807, 2.05) is 13.0 Å². The fourth-order valence-electron chi connectivity index (χ4n) is 3.62. The Hall–Kier alpha value is -2.26. The minimum atomic E-state index is -3.60. The number of aliphatic hydroxyl groups excluding tert-OH is 1. The van der Waals surface area contributed by atoms with Crippen LogP contribution in [0.4, 0.5) is 0 Å². The van der Waals surface area contributed by atoms with Crippen molar-refractivity contribution in [1.29, 1.82) is 0 Å². The number of aryl methyl sites for hydroxylation is 1. The molecule has 2 aromatic carbocycles. The molecule has 3 rings (SSSR count). The van der Waals surface area contributed by atoms with E-state index in [2.05, 4.69) is 0 Å². The van der Waals surface area contributed by atoms with Gasteiger partial charge in [-0.2, -0.15) is 4.31 Å². The van der Waals surface area contributed by atoms with Gasteiger partial charge in [-0.3, -0.25) is 9.69 Å². The molecule has 0 unspecified atom stereocenters. The standard InChI is InChI=1S/C22H28N2O5S/c1-3-29-22(26)20(21(25)18-7-5-4-6-8-18)23-13-15-24(16-14-23)30(27,28)19-11-9-17(2)10-12-19/h4-12,20-21,25H,3,13-16H2,1-2H3/t20-,21+/m0/s1. The lowest BCUT2D eigenvalue weighted by Crippen LogP contribution is -2.55. The minimum Gasteiger partial charge on any atom is -0.465 e. The van der Waals surface area contributed by atoms with Crippen LogP contribution in [0, 0.1) is 6.92 Å². The molecule has 2 atom stereocenters. The van der Waals surface area contributed by atoms with Crippen LogP contribution < -0.4 is 0 Å². The van der Waals surface area contributed by atoms with Crippen LogP contribution in [0.5, 0.6) is 0 Å². The summed E-state index contributed by atoms with van der Waals surface area (Å²) in [5.74, 6) is -0.510. The summed E-state index contributed by atoms with van der Waals surface area (Å²) in [6.07, 6.45) is -1.06. The zero-order chi connectivity index (χ0) is 21.7. The molecule has 0 aliphatic carbocycles. The van der Waals surface area contributed by atoms with Crippen LogP contribution in [0.3, 0.4) is 0 Å². The van der Waals surface area contributed by atoms with Crippen molar-refractivity contribution in [3.05, 3.63) is 65.7 Å². The third-order valence-electron chi connectivity index (χ3n) is 5.29. The first-order valence-corrected chi connectivity index (χ1v) is 11.5. The van der Waals surface area contributed by atoms with E-state index < -0.39 is 28.1 Å². The van der Waals surface area contributed by atoms with Crippen molar-refractivity contribution < 1.29 is 23.1 Å². The molecule has 0 aromatic heterocycles. The highest BCUT2D eigenvalue weighted by molar-refractivity contribution is 7.89. The number of rotatable bonds is 7. The van der Waals surface area contributed by atoms with Gasteiger partial charge in [0.1, 0.15) is 12.1 Å². The molecule has 0 saturated carbocycles. The van der Waals surface area contributed by atoms with Crippen molar-refractivity contribution in [2.75, 3.05) is 32.8 Å². The number of hydrogen-bond acceptors (Lipinski definition) is 6. The predicted molar refractivity (Wildman–Crippen MR) is 113 cm³/mol. The van der Waals surface area contributed by atoms with E-state index >= 15 is 0 Å². The van der Waals surface area contributed by atoms with Crippen LogP contribution in [0.15, 0.2) is 59.5 Å². The number of piperazine rings is 1. The highest BCUT2D eigenvalue weighted by Crippen LogP contribution is 2.25. The molecule has 1 saturated heterocycles. The summed E-state index contributed by atoms with van der Waals surface area (Å²) < 4.78 is 32.5. The summed E-state index contributed by atoms with van der Waals surface area (Å²) in [7, 11) is -3.60. The summed E-state index contributed by atoms with van der Waals surface area (Å²) in [6, 6.07) is 14.8. The first kappa shape index (κ1) is 22.4. The molecule has 1 heterocycles. The van der Waals surface area contributed by atoms with Gasteiger partial charge in [-0.25, -0.2) is 8.42 Å². The Bertz CT molecular complexity index is 939. The molecule has 0 radical (unpaired) electrons. The highest BCUT2D eigenvalue weighted by Gasteiger charge is 2.38. The van der Waals surface area contributed by atoms with Gasteiger partial charge < -0.3 is 9.84 Å². The Balaban J connectivity index is 1.75. The Kier molecular flexibility index (Phi) is 7.25. The third-order valence-corrected chi connectivity index (χ3v) is 7.21. The number of carbonyl (C=O) groups is 1. The third kappa shape index (κ3) is 4.89. The maximum atomic E-state index is 12.9. The Morgan fingerprint density at radius 2 is 1.63 bits per heavy atom. The molecule has 8 heteroatoms. The normalized spacial score (nSPS) is 18.0. The lowest BCUT2D eigenvalue weighted by Gasteiger charge is -2.39. The molecule has 2 aromatic rings. The van der Waals surface area contributed by atoms with Crippen molar-refractivity contribution in [2.45, 2.75) is 30.9 Å². The largest absolute Gasteiger partial charge is 0.465 e. The average molecular weight is 433 g/mol. The van der Waals surface area contributed by atoms with Crippen LogP contribution in [0.1, 0.15) is 24.2 Å². The molecular formula is C22H28N2O5S. The maximum Gasteiger partial charge on any atom is 0.326 e. The van der Waals surface area contributed by atoms with Gasteiger partial charge in [-0.05, 0) is 31.5 Å². The number of aliphatic hydroxyl groups is 1. The van der Waals surface area contributed by atoms with Gasteiger partial charge in [0.2, 0.25) is 10.0 Å². The van der Waals surface area contributed by atoms with E-state index in [4.69, 9.17) is 4.74 Å². The van der Waals surface area contributed by atoms with Gasteiger partial charge >= 0.3 is 5.97 Å². The quantitative estimate of drug-likeness (QED) is 0.673. The smallest absolute Gasteiger partial charge is 0.326 e. The molecule has 162 valence electrons. The lowest BCUT2D eigenvalue weighted by atomic mass is 10.0. The first-order valence-electron chi connectivity index (χ1n) is 10.0. The van der Waals surface area contributed by atoms with E-state index in [1.165, 1.54) is 4.31 Å². The topological polar surface area (TPSA) is 87.2 Å². The predicted octanol–water partition coefficient (Wildman–Crippen LogP) is 1.97. The molecule has 30 heavy (non-hydrogen) atoms. The Morgan fingerprint density at radius 1 is 1.03 bits per heavy atom. The summed E-state index contributed by atoms with van der Waals surface area (Å²) in [5.41, 5.74) is 1.61. The molecule has 7 nitrogen and oxygen atoms in total. The van der Waals surface area contributed by atoms with Gasteiger partial charge in [0.25, 0.3) is 0 Å².